The quantitative estimate of drug-likeness (QED) is 0.394. The van der Waals surface area contributed by atoms with Gasteiger partial charge in [0.25, 0.3) is 0 Å². The third-order valence-electron chi connectivity index (χ3n) is 6.00. The molecule has 0 aliphatic rings. The summed E-state index contributed by atoms with van der Waals surface area (Å²) in [6.07, 6.45) is 3.77. The number of rotatable bonds is 8. The van der Waals surface area contributed by atoms with Crippen LogP contribution >= 0.6 is 0 Å². The number of aromatic nitrogens is 3. The van der Waals surface area contributed by atoms with Crippen molar-refractivity contribution in [2.75, 3.05) is 0 Å². The summed E-state index contributed by atoms with van der Waals surface area (Å²) in [7, 11) is 0. The van der Waals surface area contributed by atoms with Gasteiger partial charge in [-0.25, -0.2) is 9.37 Å². The lowest BCUT2D eigenvalue weighted by Crippen LogP contribution is -2.33. The number of imidazole rings is 1. The molecule has 6 heteroatoms. The Morgan fingerprint density at radius 2 is 1.85 bits per heavy atom. The summed E-state index contributed by atoms with van der Waals surface area (Å²) in [6.45, 7) is 6.59. The van der Waals surface area contributed by atoms with Gasteiger partial charge in [0.15, 0.2) is 0 Å². The Balaban J connectivity index is 1.74. The number of nitrogens with zero attached hydrogens (tertiary/aromatic N) is 3. The van der Waals surface area contributed by atoms with Gasteiger partial charge in [-0.3, -0.25) is 9.78 Å². The van der Waals surface area contributed by atoms with Crippen LogP contribution in [-0.2, 0) is 17.8 Å². The van der Waals surface area contributed by atoms with E-state index in [0.29, 0.717) is 19.4 Å². The van der Waals surface area contributed by atoms with Crippen LogP contribution in [-0.4, -0.2) is 20.4 Å². The summed E-state index contributed by atoms with van der Waals surface area (Å²) in [5.74, 6) is 0.477. The number of hydrogen-bond donors (Lipinski definition) is 1. The Morgan fingerprint density at radius 1 is 1.09 bits per heavy atom. The van der Waals surface area contributed by atoms with E-state index in [2.05, 4.69) is 47.8 Å². The van der Waals surface area contributed by atoms with Crippen LogP contribution in [0.1, 0.15) is 54.0 Å². The topological polar surface area (TPSA) is 59.8 Å². The summed E-state index contributed by atoms with van der Waals surface area (Å²) in [6, 6.07) is 15.9. The van der Waals surface area contributed by atoms with Gasteiger partial charge in [0.05, 0.1) is 23.3 Å². The van der Waals surface area contributed by atoms with Gasteiger partial charge in [0.1, 0.15) is 17.7 Å². The van der Waals surface area contributed by atoms with Gasteiger partial charge < -0.3 is 9.88 Å². The van der Waals surface area contributed by atoms with E-state index in [1.165, 1.54) is 12.1 Å². The summed E-state index contributed by atoms with van der Waals surface area (Å²) in [4.78, 5) is 22.6. The Morgan fingerprint density at radius 3 is 2.55 bits per heavy atom. The van der Waals surface area contributed by atoms with Crippen LogP contribution in [0.15, 0.2) is 60.8 Å². The minimum absolute atomic E-state index is 0.0552. The molecule has 1 amide bonds. The van der Waals surface area contributed by atoms with E-state index in [-0.39, 0.29) is 11.7 Å². The van der Waals surface area contributed by atoms with E-state index in [9.17, 15) is 9.18 Å². The minimum atomic E-state index is -0.402. The molecule has 0 fully saturated rings. The predicted molar refractivity (Wildman–Crippen MR) is 128 cm³/mol. The van der Waals surface area contributed by atoms with Crippen molar-refractivity contribution in [1.29, 1.82) is 0 Å². The molecule has 0 spiro atoms. The number of halogens is 1. The maximum Gasteiger partial charge on any atom is 0.243 e. The van der Waals surface area contributed by atoms with E-state index >= 15 is 0 Å². The first-order chi connectivity index (χ1) is 16.0. The lowest BCUT2D eigenvalue weighted by molar-refractivity contribution is -0.124. The molecule has 4 rings (SSSR count). The molecule has 5 nitrogen and oxygen atoms in total. The van der Waals surface area contributed by atoms with Crippen molar-refractivity contribution in [2.24, 2.45) is 0 Å². The molecular formula is C27H29FN4O. The maximum atomic E-state index is 13.4. The van der Waals surface area contributed by atoms with Crippen LogP contribution in [0.3, 0.4) is 0 Å². The Labute approximate surface area is 193 Å². The standard InChI is InChI=1S/C27H29FN4O/c1-4-7-24(27(33)30-17-22-8-5-6-13-29-22)32-25-15-19(3)18(2)14-23(25)31-26(32)16-20-9-11-21(28)12-10-20/h5-6,8-15,24H,4,7,16-17H2,1-3H3,(H,30,33)/t24-/m0/s1. The lowest BCUT2D eigenvalue weighted by Gasteiger charge is -2.21. The highest BCUT2D eigenvalue weighted by molar-refractivity contribution is 5.85. The molecule has 33 heavy (non-hydrogen) atoms. The van der Waals surface area contributed by atoms with Crippen LogP contribution in [0.4, 0.5) is 4.39 Å². The first-order valence-corrected chi connectivity index (χ1v) is 11.4. The van der Waals surface area contributed by atoms with Gasteiger partial charge in [-0.2, -0.15) is 0 Å². The van der Waals surface area contributed by atoms with Gasteiger partial charge in [-0.1, -0.05) is 31.5 Å². The first-order valence-electron chi connectivity index (χ1n) is 11.4. The minimum Gasteiger partial charge on any atom is -0.349 e. The Kier molecular flexibility index (Phi) is 6.82. The van der Waals surface area contributed by atoms with Crippen LogP contribution in [0.2, 0.25) is 0 Å². The average molecular weight is 445 g/mol. The summed E-state index contributed by atoms with van der Waals surface area (Å²) in [5.41, 5.74) is 5.89. The second-order valence-electron chi connectivity index (χ2n) is 8.47. The molecule has 0 unspecified atom stereocenters. The van der Waals surface area contributed by atoms with Gasteiger partial charge in [0, 0.05) is 12.6 Å². The number of amides is 1. The number of benzene rings is 2. The van der Waals surface area contributed by atoms with E-state index in [1.54, 1.807) is 18.3 Å². The van der Waals surface area contributed by atoms with Crippen LogP contribution in [0.25, 0.3) is 11.0 Å². The number of hydrogen-bond acceptors (Lipinski definition) is 3. The monoisotopic (exact) mass is 444 g/mol. The normalized spacial score (nSPS) is 12.1. The van der Waals surface area contributed by atoms with Gasteiger partial charge in [-0.05, 0) is 73.4 Å². The van der Waals surface area contributed by atoms with E-state index in [4.69, 9.17) is 4.98 Å². The van der Waals surface area contributed by atoms with Crippen LogP contribution < -0.4 is 5.32 Å². The molecule has 1 N–H and O–H groups in total. The molecular weight excluding hydrogens is 415 g/mol. The Bertz CT molecular complexity index is 1250. The van der Waals surface area contributed by atoms with Crippen molar-refractivity contribution >= 4 is 16.9 Å². The Hall–Kier alpha value is -3.54. The second kappa shape index (κ2) is 9.94. The molecule has 170 valence electrons. The first kappa shape index (κ1) is 22.6. The van der Waals surface area contributed by atoms with Crippen molar-refractivity contribution in [3.05, 3.63) is 94.8 Å². The van der Waals surface area contributed by atoms with Crippen LogP contribution in [0.5, 0.6) is 0 Å². The molecule has 0 radical (unpaired) electrons. The van der Waals surface area contributed by atoms with Gasteiger partial charge >= 0.3 is 0 Å². The fourth-order valence-corrected chi connectivity index (χ4v) is 4.11. The molecule has 0 saturated carbocycles. The van der Waals surface area contributed by atoms with Gasteiger partial charge in [-0.15, -0.1) is 0 Å². The number of fused-ring (bicyclic) bond motifs is 1. The smallest absolute Gasteiger partial charge is 0.243 e. The molecule has 0 bridgehead atoms. The zero-order valence-electron chi connectivity index (χ0n) is 19.3. The number of pyridine rings is 1. The highest BCUT2D eigenvalue weighted by atomic mass is 19.1. The van der Waals surface area contributed by atoms with E-state index < -0.39 is 6.04 Å². The third kappa shape index (κ3) is 5.11. The molecule has 0 aliphatic carbocycles. The van der Waals surface area contributed by atoms with Crippen molar-refractivity contribution < 1.29 is 9.18 Å². The third-order valence-corrected chi connectivity index (χ3v) is 6.00. The average Bonchev–Trinajstić information content (AvgIpc) is 3.14. The highest BCUT2D eigenvalue weighted by Crippen LogP contribution is 2.28. The molecule has 4 aromatic rings. The van der Waals surface area contributed by atoms with Crippen molar-refractivity contribution in [1.82, 2.24) is 19.9 Å². The number of nitrogens with one attached hydrogen (secondary N) is 1. The summed E-state index contributed by atoms with van der Waals surface area (Å²) >= 11 is 0. The van der Waals surface area contributed by atoms with Crippen molar-refractivity contribution in [3.8, 4) is 0 Å². The molecule has 0 aliphatic heterocycles. The zero-order valence-corrected chi connectivity index (χ0v) is 19.3. The predicted octanol–water partition coefficient (Wildman–Crippen LogP) is 5.44. The lowest BCUT2D eigenvalue weighted by atomic mass is 10.1. The maximum absolute atomic E-state index is 13.4. The van der Waals surface area contributed by atoms with E-state index in [1.807, 2.05) is 18.2 Å². The zero-order chi connectivity index (χ0) is 23.4. The number of carbonyl (C=O) groups is 1. The number of carbonyl (C=O) groups excluding carboxylic acids is 1. The molecule has 2 heterocycles. The fraction of sp³-hybridized carbons (Fsp3) is 0.296. The second-order valence-corrected chi connectivity index (χ2v) is 8.47. The molecule has 0 saturated heterocycles. The molecule has 2 aromatic carbocycles. The largest absolute Gasteiger partial charge is 0.349 e. The van der Waals surface area contributed by atoms with Gasteiger partial charge in [0.2, 0.25) is 5.91 Å². The van der Waals surface area contributed by atoms with Crippen molar-refractivity contribution in [2.45, 2.75) is 52.6 Å². The fourth-order valence-electron chi connectivity index (χ4n) is 4.11. The van der Waals surface area contributed by atoms with Crippen molar-refractivity contribution in [3.63, 3.8) is 0 Å². The molecule has 1 atom stereocenters. The van der Waals surface area contributed by atoms with Crippen LogP contribution in [0, 0.1) is 19.7 Å². The molecule has 2 aromatic heterocycles. The highest BCUT2D eigenvalue weighted by Gasteiger charge is 2.25. The SMILES string of the molecule is CCC[C@@H](C(=O)NCc1ccccn1)n1c(Cc2ccc(F)cc2)nc2cc(C)c(C)cc21. The summed E-state index contributed by atoms with van der Waals surface area (Å²) < 4.78 is 15.5. The van der Waals surface area contributed by atoms with E-state index in [0.717, 1.165) is 45.7 Å². The number of aryl methyl sites for hydroxylation is 2. The summed E-state index contributed by atoms with van der Waals surface area (Å²) in [5, 5.41) is 3.06.